The summed E-state index contributed by atoms with van der Waals surface area (Å²) >= 11 is 0. The van der Waals surface area contributed by atoms with Crippen molar-refractivity contribution in [1.82, 2.24) is 9.62 Å². The molecule has 1 aliphatic rings. The van der Waals surface area contributed by atoms with E-state index in [-0.39, 0.29) is 17.8 Å². The quantitative estimate of drug-likeness (QED) is 0.870. The molecule has 0 aliphatic carbocycles. The van der Waals surface area contributed by atoms with Crippen LogP contribution in [0, 0.1) is 0 Å². The van der Waals surface area contributed by atoms with Crippen LogP contribution in [-0.4, -0.2) is 45.1 Å². The maximum absolute atomic E-state index is 12.2. The van der Waals surface area contributed by atoms with Crippen molar-refractivity contribution >= 4 is 10.0 Å². The normalized spacial score (nSPS) is 21.5. The molecule has 1 fully saturated rings. The second kappa shape index (κ2) is 7.28. The number of benzene rings is 1. The minimum atomic E-state index is -4.70. The first-order chi connectivity index (χ1) is 11.0. The lowest BCUT2D eigenvalue weighted by Gasteiger charge is -2.37. The lowest BCUT2D eigenvalue weighted by atomic mass is 10.0. The molecule has 2 rings (SSSR count). The molecule has 0 bridgehead atoms. The van der Waals surface area contributed by atoms with Gasteiger partial charge in [0.1, 0.15) is 5.75 Å². The number of piperidine rings is 1. The first kappa shape index (κ1) is 19.0. The third kappa shape index (κ3) is 5.95. The zero-order valence-electron chi connectivity index (χ0n) is 13.5. The highest BCUT2D eigenvalue weighted by molar-refractivity contribution is 7.88. The summed E-state index contributed by atoms with van der Waals surface area (Å²) in [5.41, 5.74) is 0.851. The number of sulfonamides is 1. The molecule has 2 unspecified atom stereocenters. The molecule has 1 saturated heterocycles. The van der Waals surface area contributed by atoms with Crippen molar-refractivity contribution in [2.45, 2.75) is 38.2 Å². The molecule has 1 aromatic rings. The standard InChI is InChI=1S/C15H21F3N2O3S/c1-11(12-5-7-14(8-6-12)23-15(16,17)18)20-9-3-4-13(10-20)19-24(2,21)22/h5-8,11,13,19H,3-4,9-10H2,1-2H3. The number of halogens is 3. The van der Waals surface area contributed by atoms with Crippen LogP contribution in [0.1, 0.15) is 31.4 Å². The highest BCUT2D eigenvalue weighted by atomic mass is 32.2. The minimum Gasteiger partial charge on any atom is -0.406 e. The Morgan fingerprint density at radius 1 is 1.29 bits per heavy atom. The molecule has 0 radical (unpaired) electrons. The molecule has 2 atom stereocenters. The maximum atomic E-state index is 12.2. The van der Waals surface area contributed by atoms with Crippen LogP contribution in [0.2, 0.25) is 0 Å². The Morgan fingerprint density at radius 2 is 1.92 bits per heavy atom. The summed E-state index contributed by atoms with van der Waals surface area (Å²) in [7, 11) is -3.26. The lowest BCUT2D eigenvalue weighted by Crippen LogP contribution is -2.47. The molecule has 5 nitrogen and oxygen atoms in total. The van der Waals surface area contributed by atoms with E-state index >= 15 is 0 Å². The Kier molecular flexibility index (Phi) is 5.77. The molecular weight excluding hydrogens is 345 g/mol. The molecule has 24 heavy (non-hydrogen) atoms. The van der Waals surface area contributed by atoms with Crippen molar-refractivity contribution in [1.29, 1.82) is 0 Å². The highest BCUT2D eigenvalue weighted by Gasteiger charge is 2.31. The van der Waals surface area contributed by atoms with E-state index in [9.17, 15) is 21.6 Å². The average molecular weight is 366 g/mol. The fraction of sp³-hybridized carbons (Fsp3) is 0.600. The average Bonchev–Trinajstić information content (AvgIpc) is 2.44. The topological polar surface area (TPSA) is 58.6 Å². The maximum Gasteiger partial charge on any atom is 0.573 e. The number of alkyl halides is 3. The Balaban J connectivity index is 2.01. The van der Waals surface area contributed by atoms with Crippen LogP contribution in [0.15, 0.2) is 24.3 Å². The summed E-state index contributed by atoms with van der Waals surface area (Å²) < 4.78 is 65.8. The Hall–Kier alpha value is -1.32. The number of ether oxygens (including phenoxy) is 1. The van der Waals surface area contributed by atoms with Crippen molar-refractivity contribution in [3.8, 4) is 5.75 Å². The number of hydrogen-bond acceptors (Lipinski definition) is 4. The van der Waals surface area contributed by atoms with Gasteiger partial charge in [-0.25, -0.2) is 13.1 Å². The molecule has 1 aliphatic heterocycles. The van der Waals surface area contributed by atoms with Gasteiger partial charge in [0.2, 0.25) is 10.0 Å². The predicted molar refractivity (Wildman–Crippen MR) is 84.1 cm³/mol. The van der Waals surface area contributed by atoms with E-state index in [1.54, 1.807) is 12.1 Å². The molecule has 0 spiro atoms. The van der Waals surface area contributed by atoms with Crippen LogP contribution in [0.4, 0.5) is 13.2 Å². The van der Waals surface area contributed by atoms with Crippen molar-refractivity contribution in [2.75, 3.05) is 19.3 Å². The summed E-state index contributed by atoms with van der Waals surface area (Å²) in [6.45, 7) is 3.32. The summed E-state index contributed by atoms with van der Waals surface area (Å²) in [5.74, 6) is -0.256. The van der Waals surface area contributed by atoms with E-state index in [4.69, 9.17) is 0 Å². The first-order valence-electron chi connectivity index (χ1n) is 7.60. The SMILES string of the molecule is CC(c1ccc(OC(F)(F)F)cc1)N1CCCC(NS(C)(=O)=O)C1. The number of nitrogens with one attached hydrogen (secondary N) is 1. The second-order valence-electron chi connectivity index (χ2n) is 6.02. The van der Waals surface area contributed by atoms with E-state index in [0.29, 0.717) is 6.54 Å². The van der Waals surface area contributed by atoms with Gasteiger partial charge in [-0.2, -0.15) is 0 Å². The summed E-state index contributed by atoms with van der Waals surface area (Å²) in [6.07, 6.45) is -1.94. The Bertz CT molecular complexity index is 647. The van der Waals surface area contributed by atoms with Crippen molar-refractivity contribution < 1.29 is 26.3 Å². The van der Waals surface area contributed by atoms with E-state index in [2.05, 4.69) is 14.4 Å². The number of rotatable bonds is 5. The van der Waals surface area contributed by atoms with Crippen LogP contribution < -0.4 is 9.46 Å². The van der Waals surface area contributed by atoms with Gasteiger partial charge in [-0.3, -0.25) is 4.90 Å². The fourth-order valence-electron chi connectivity index (χ4n) is 2.92. The second-order valence-corrected chi connectivity index (χ2v) is 7.80. The van der Waals surface area contributed by atoms with Gasteiger partial charge in [0.15, 0.2) is 0 Å². The van der Waals surface area contributed by atoms with Crippen LogP contribution >= 0.6 is 0 Å². The van der Waals surface area contributed by atoms with Crippen LogP contribution in [0.25, 0.3) is 0 Å². The molecule has 1 N–H and O–H groups in total. The predicted octanol–water partition coefficient (Wildman–Crippen LogP) is 2.66. The van der Waals surface area contributed by atoms with E-state index in [1.807, 2.05) is 6.92 Å². The molecule has 1 aromatic carbocycles. The van der Waals surface area contributed by atoms with Gasteiger partial charge in [0, 0.05) is 18.6 Å². The number of likely N-dealkylation sites (tertiary alicyclic amines) is 1. The van der Waals surface area contributed by atoms with Crippen molar-refractivity contribution in [2.24, 2.45) is 0 Å². The summed E-state index contributed by atoms with van der Waals surface area (Å²) in [6, 6.07) is 5.59. The lowest BCUT2D eigenvalue weighted by molar-refractivity contribution is -0.274. The molecule has 0 saturated carbocycles. The smallest absolute Gasteiger partial charge is 0.406 e. The molecule has 0 amide bonds. The minimum absolute atomic E-state index is 0.0332. The highest BCUT2D eigenvalue weighted by Crippen LogP contribution is 2.28. The van der Waals surface area contributed by atoms with Crippen molar-refractivity contribution in [3.63, 3.8) is 0 Å². The van der Waals surface area contributed by atoms with E-state index in [1.165, 1.54) is 12.1 Å². The van der Waals surface area contributed by atoms with Gasteiger partial charge in [-0.15, -0.1) is 13.2 Å². The third-order valence-electron chi connectivity index (χ3n) is 3.98. The van der Waals surface area contributed by atoms with E-state index in [0.717, 1.165) is 31.2 Å². The van der Waals surface area contributed by atoms with Gasteiger partial charge in [-0.05, 0) is 44.0 Å². The molecule has 0 aromatic heterocycles. The van der Waals surface area contributed by atoms with Gasteiger partial charge in [-0.1, -0.05) is 12.1 Å². The zero-order valence-corrected chi connectivity index (χ0v) is 14.3. The first-order valence-corrected chi connectivity index (χ1v) is 9.50. The monoisotopic (exact) mass is 366 g/mol. The van der Waals surface area contributed by atoms with Crippen LogP contribution in [0.5, 0.6) is 5.75 Å². The van der Waals surface area contributed by atoms with Gasteiger partial charge < -0.3 is 4.74 Å². The Morgan fingerprint density at radius 3 is 2.46 bits per heavy atom. The summed E-state index contributed by atoms with van der Waals surface area (Å²) in [5, 5.41) is 0. The molecule has 9 heteroatoms. The zero-order chi connectivity index (χ0) is 18.0. The third-order valence-corrected chi connectivity index (χ3v) is 4.74. The van der Waals surface area contributed by atoms with Gasteiger partial charge >= 0.3 is 6.36 Å². The van der Waals surface area contributed by atoms with Crippen molar-refractivity contribution in [3.05, 3.63) is 29.8 Å². The number of hydrogen-bond donors (Lipinski definition) is 1. The summed E-state index contributed by atoms with van der Waals surface area (Å²) in [4.78, 5) is 2.12. The largest absolute Gasteiger partial charge is 0.573 e. The molecular formula is C15H21F3N2O3S. The number of nitrogens with zero attached hydrogens (tertiary/aromatic N) is 1. The fourth-order valence-corrected chi connectivity index (χ4v) is 3.71. The van der Waals surface area contributed by atoms with Gasteiger partial charge in [0.25, 0.3) is 0 Å². The molecule has 136 valence electrons. The van der Waals surface area contributed by atoms with Crippen LogP contribution in [-0.2, 0) is 10.0 Å². The Labute approximate surface area is 139 Å². The molecule has 1 heterocycles. The van der Waals surface area contributed by atoms with Crippen LogP contribution in [0.3, 0.4) is 0 Å². The van der Waals surface area contributed by atoms with Gasteiger partial charge in [0.05, 0.1) is 6.26 Å². The van der Waals surface area contributed by atoms with E-state index < -0.39 is 16.4 Å².